The van der Waals surface area contributed by atoms with Crippen molar-refractivity contribution >= 4 is 52.1 Å². The van der Waals surface area contributed by atoms with Crippen LogP contribution in [0, 0.1) is 35.0 Å². The Morgan fingerprint density at radius 3 is 2.02 bits per heavy atom. The zero-order valence-corrected chi connectivity index (χ0v) is 54.8. The van der Waals surface area contributed by atoms with E-state index in [9.17, 15) is 33.6 Å². The minimum absolute atomic E-state index is 0.0206. The van der Waals surface area contributed by atoms with Gasteiger partial charge < -0.3 is 30.0 Å². The minimum Gasteiger partial charge on any atom is -0.381 e. The molecule has 1 aromatic carbocycles. The summed E-state index contributed by atoms with van der Waals surface area (Å²) in [5.41, 5.74) is 1.39. The second-order valence-electron chi connectivity index (χ2n) is 23.0. The van der Waals surface area contributed by atoms with Crippen LogP contribution >= 0.6 is 0 Å². The van der Waals surface area contributed by atoms with Gasteiger partial charge in [-0.2, -0.15) is 0 Å². The fourth-order valence-corrected chi connectivity index (χ4v) is 11.3. The lowest BCUT2D eigenvalue weighted by atomic mass is 9.86. The summed E-state index contributed by atoms with van der Waals surface area (Å²) in [6, 6.07) is 6.12. The van der Waals surface area contributed by atoms with Crippen LogP contribution in [-0.4, -0.2) is 156 Å². The maximum absolute atomic E-state index is 13.9. The van der Waals surface area contributed by atoms with Crippen LogP contribution in [0.5, 0.6) is 0 Å². The topological polar surface area (TPSA) is 200 Å². The third-order valence-corrected chi connectivity index (χ3v) is 16.8. The molecule has 3 aliphatic rings. The van der Waals surface area contributed by atoms with E-state index in [1.54, 1.807) is 14.2 Å². The number of nitrogens with one attached hydrogen (secondary N) is 3. The van der Waals surface area contributed by atoms with Crippen LogP contribution in [0.3, 0.4) is 0 Å². The van der Waals surface area contributed by atoms with Gasteiger partial charge in [0.05, 0.1) is 54.7 Å². The van der Waals surface area contributed by atoms with Crippen molar-refractivity contribution in [3.63, 3.8) is 0 Å². The Hall–Kier alpha value is -4.71. The molecule has 4 heterocycles. The summed E-state index contributed by atoms with van der Waals surface area (Å²) < 4.78 is 11.7. The van der Waals surface area contributed by atoms with Crippen LogP contribution in [0.4, 0.5) is 0 Å². The first-order chi connectivity index (χ1) is 39.0. The molecular weight excluding hydrogens is 1040 g/mol. The number of likely N-dealkylation sites (tertiary alicyclic amines) is 2. The molecule has 17 nitrogen and oxygen atoms in total. The van der Waals surface area contributed by atoms with Gasteiger partial charge in [0.2, 0.25) is 29.5 Å². The van der Waals surface area contributed by atoms with Crippen LogP contribution in [0.15, 0.2) is 30.5 Å². The summed E-state index contributed by atoms with van der Waals surface area (Å²) in [4.78, 5) is 105. The van der Waals surface area contributed by atoms with Gasteiger partial charge in [0.15, 0.2) is 5.78 Å². The number of imide groups is 1. The quantitative estimate of drug-likeness (QED) is 0.0541. The number of carbonyl (C=O) groups is 7. The molecule has 3 saturated heterocycles. The number of hydroxylamine groups is 2. The van der Waals surface area contributed by atoms with E-state index in [0.29, 0.717) is 57.8 Å². The van der Waals surface area contributed by atoms with Crippen molar-refractivity contribution in [1.82, 2.24) is 35.4 Å². The number of ether oxygens (including phenoxy) is 2. The number of amides is 6. The molecule has 0 bridgehead atoms. The number of nitrogens with zero attached hydrogens (tertiary/aromatic N) is 4. The van der Waals surface area contributed by atoms with Crippen LogP contribution < -0.4 is 10.6 Å². The number of benzene rings is 1. The van der Waals surface area contributed by atoms with Crippen LogP contribution in [-0.2, 0) is 54.3 Å². The molecule has 0 spiro atoms. The molecule has 6 amide bonds. The normalized spacial score (nSPS) is 19.9. The number of unbranched alkanes of at least 4 members (excludes halogenated alkanes) is 3. The Morgan fingerprint density at radius 1 is 0.829 bits per heavy atom. The molecule has 0 aliphatic carbocycles. The Balaban J connectivity index is 0.000000785. The van der Waals surface area contributed by atoms with Crippen LogP contribution in [0.25, 0.3) is 10.9 Å². The number of methoxy groups -OCH3 is 2. The molecule has 17 heteroatoms. The van der Waals surface area contributed by atoms with E-state index in [1.165, 1.54) is 16.9 Å². The van der Waals surface area contributed by atoms with Gasteiger partial charge in [-0.25, -0.2) is 5.06 Å². The molecule has 470 valence electrons. The molecule has 3 fully saturated rings. The molecule has 8 unspecified atom stereocenters. The second-order valence-corrected chi connectivity index (χ2v) is 23.0. The van der Waals surface area contributed by atoms with E-state index in [1.807, 2.05) is 132 Å². The molecule has 5 rings (SSSR count). The number of fused-ring (bicyclic) bond motifs is 1. The van der Waals surface area contributed by atoms with Gasteiger partial charge in [-0.1, -0.05) is 148 Å². The Kier molecular flexibility index (Phi) is 35.8. The van der Waals surface area contributed by atoms with E-state index < -0.39 is 29.5 Å². The van der Waals surface area contributed by atoms with Crippen molar-refractivity contribution in [1.29, 1.82) is 0 Å². The number of H-pyrrole nitrogens is 1. The summed E-state index contributed by atoms with van der Waals surface area (Å²) in [5.74, 6) is -0.449. The van der Waals surface area contributed by atoms with Crippen molar-refractivity contribution in [2.24, 2.45) is 35.0 Å². The van der Waals surface area contributed by atoms with Crippen molar-refractivity contribution in [3.8, 4) is 0 Å². The lowest BCUT2D eigenvalue weighted by molar-refractivity contribution is -0.199. The smallest absolute Gasteiger partial charge is 0.269 e. The van der Waals surface area contributed by atoms with Gasteiger partial charge in [0.25, 0.3) is 5.91 Å². The van der Waals surface area contributed by atoms with Gasteiger partial charge in [0, 0.05) is 63.8 Å². The predicted octanol–water partition coefficient (Wildman–Crippen LogP) is 11.0. The highest BCUT2D eigenvalue weighted by Crippen LogP contribution is 2.36. The van der Waals surface area contributed by atoms with Crippen LogP contribution in [0.2, 0.25) is 0 Å². The molecule has 0 radical (unpaired) electrons. The first kappa shape index (κ1) is 75.3. The number of ketones is 1. The summed E-state index contributed by atoms with van der Waals surface area (Å²) in [6.07, 6.45) is 10.9. The summed E-state index contributed by atoms with van der Waals surface area (Å²) in [7, 11) is 5.22. The zero-order valence-electron chi connectivity index (χ0n) is 54.8. The highest BCUT2D eigenvalue weighted by Gasteiger charge is 2.47. The zero-order chi connectivity index (χ0) is 62.4. The average Bonchev–Trinajstić information content (AvgIpc) is 4.39. The highest BCUT2D eigenvalue weighted by molar-refractivity contribution is 6.05. The van der Waals surface area contributed by atoms with E-state index in [-0.39, 0.29) is 77.2 Å². The lowest BCUT2D eigenvalue weighted by Gasteiger charge is -2.36. The number of likely N-dealkylation sites (N-methyl/N-ethyl adjacent to an activating group) is 1. The number of rotatable bonds is 28. The third kappa shape index (κ3) is 21.7. The predicted molar refractivity (Wildman–Crippen MR) is 331 cm³/mol. The number of hydrogen-bond acceptors (Lipinski definition) is 11. The Morgan fingerprint density at radius 2 is 1.48 bits per heavy atom. The number of aromatic amines is 1. The van der Waals surface area contributed by atoms with Gasteiger partial charge >= 0.3 is 0 Å². The van der Waals surface area contributed by atoms with E-state index in [4.69, 9.17) is 14.3 Å². The Labute approximate surface area is 496 Å². The van der Waals surface area contributed by atoms with Crippen LogP contribution in [0.1, 0.15) is 200 Å². The number of aromatic nitrogens is 1. The first-order valence-electron chi connectivity index (χ1n) is 31.6. The Bertz CT molecular complexity index is 2210. The van der Waals surface area contributed by atoms with E-state index in [2.05, 4.69) is 41.3 Å². The standard InChI is InChI=1S/C34H52N4O6.C25H45N3O4.3C2H6/c1-7-22(2)23(3)30(42-5)20-31(39)37-16-12-15-29(37)32(43-6)24(4)33(40)36-28(34(41)38-17-10-11-18-44-38)19-25-21-35-27-14-9-8-13-26(25)27;1-9-25(7)16-20(30)28(24(25)32)15-13-11-10-12-14-27(8)22(18(4)5)23(31)26-21(17(2)3)19(6)29;3*1-2/h8-9,13-14,21-24,28-30,32,35H,7,10-12,15-20H2,1-6H3,(H,36,40);17-18,21-22H,9-16H2,1-8H3,(H,26,31);3*1-2H3/t22?,23?,24?,28-,29?,30?,32?;21-,22?,25?;;;/m00.../s1. The number of para-hydroxylation sites is 1. The number of hydrogen-bond donors (Lipinski definition) is 3. The molecule has 1 aromatic heterocycles. The molecule has 82 heavy (non-hydrogen) atoms. The fraction of sp³-hybridized carbons (Fsp3) is 0.769. The number of Topliss-reactive ketones (excluding diaryl/α,β-unsaturated/α-hetero) is 1. The SMILES string of the molecule is CC.CC.CC.CCC(C)C(C)C(CC(=O)N1CCCC1C(OC)C(C)C(=O)N[C@@H](Cc1c[nH]c2ccccc12)C(=O)N1CCCCO1)OC.CCC1(C)CC(=O)N(CCCCCCN(C)C(C(=O)N[C@H](C(C)=O)C(C)C)C(C)C)C1=O. The van der Waals surface area contributed by atoms with Crippen molar-refractivity contribution in [2.45, 2.75) is 238 Å². The van der Waals surface area contributed by atoms with Gasteiger partial charge in [-0.3, -0.25) is 48.2 Å². The average molecular weight is 1150 g/mol. The monoisotopic (exact) mass is 1150 g/mol. The molecule has 10 atom stereocenters. The van der Waals surface area contributed by atoms with Crippen molar-refractivity contribution in [3.05, 3.63) is 36.0 Å². The lowest BCUT2D eigenvalue weighted by Crippen LogP contribution is -2.55. The maximum Gasteiger partial charge on any atom is 0.269 e. The third-order valence-electron chi connectivity index (χ3n) is 16.8. The highest BCUT2D eigenvalue weighted by atomic mass is 16.7. The van der Waals surface area contributed by atoms with Crippen molar-refractivity contribution in [2.75, 3.05) is 54.1 Å². The van der Waals surface area contributed by atoms with Crippen molar-refractivity contribution < 1.29 is 47.9 Å². The first-order valence-corrected chi connectivity index (χ1v) is 31.6. The van der Waals surface area contributed by atoms with Gasteiger partial charge in [-0.05, 0) is 101 Å². The number of carbonyl (C=O) groups excluding carboxylic acids is 7. The molecule has 0 saturated carbocycles. The van der Waals surface area contributed by atoms with E-state index in [0.717, 1.165) is 80.8 Å². The fourth-order valence-electron chi connectivity index (χ4n) is 11.3. The minimum atomic E-state index is -0.814. The van der Waals surface area contributed by atoms with Gasteiger partial charge in [0.1, 0.15) is 6.04 Å². The maximum atomic E-state index is 13.9. The molecule has 3 aliphatic heterocycles. The van der Waals surface area contributed by atoms with E-state index >= 15 is 0 Å². The largest absolute Gasteiger partial charge is 0.381 e. The summed E-state index contributed by atoms with van der Waals surface area (Å²) in [5, 5.41) is 8.39. The molecule has 2 aromatic rings. The molecular formula is C65H115N7O10. The van der Waals surface area contributed by atoms with Gasteiger partial charge in [-0.15, -0.1) is 0 Å². The second kappa shape index (κ2) is 39.0. The summed E-state index contributed by atoms with van der Waals surface area (Å²) >= 11 is 0. The summed E-state index contributed by atoms with van der Waals surface area (Å²) in [6.45, 7) is 36.4. The molecule has 3 N–H and O–H groups in total.